The maximum absolute atomic E-state index is 12.5. The summed E-state index contributed by atoms with van der Waals surface area (Å²) in [7, 11) is 0. The van der Waals surface area contributed by atoms with Gasteiger partial charge >= 0.3 is 6.09 Å². The third kappa shape index (κ3) is 3.47. The summed E-state index contributed by atoms with van der Waals surface area (Å²) in [4.78, 5) is 16.8. The molecule has 2 aromatic rings. The van der Waals surface area contributed by atoms with Crippen LogP contribution in [-0.2, 0) is 16.7 Å². The van der Waals surface area contributed by atoms with Crippen molar-refractivity contribution in [2.75, 3.05) is 24.5 Å². The number of likely N-dealkylation sites (tertiary alicyclic amines) is 1. The van der Waals surface area contributed by atoms with Crippen LogP contribution in [0.1, 0.15) is 57.1 Å². The Labute approximate surface area is 190 Å². The normalized spacial score (nSPS) is 24.8. The minimum atomic E-state index is -0.350. The van der Waals surface area contributed by atoms with Crippen LogP contribution >= 0.6 is 0 Å². The summed E-state index contributed by atoms with van der Waals surface area (Å²) in [6.45, 7) is 7.91. The molecule has 4 aliphatic rings. The van der Waals surface area contributed by atoms with Gasteiger partial charge in [0, 0.05) is 49.1 Å². The zero-order chi connectivity index (χ0) is 22.0. The van der Waals surface area contributed by atoms with Gasteiger partial charge in [0.15, 0.2) is 0 Å². The number of para-hydroxylation sites is 1. The number of carbonyl (C=O) groups is 1. The Morgan fingerprint density at radius 1 is 0.938 bits per heavy atom. The minimum absolute atomic E-state index is 0.0709. The van der Waals surface area contributed by atoms with Crippen molar-refractivity contribution in [3.05, 3.63) is 59.7 Å². The van der Waals surface area contributed by atoms with Crippen molar-refractivity contribution in [1.82, 2.24) is 4.90 Å². The van der Waals surface area contributed by atoms with E-state index in [1.54, 1.807) is 4.90 Å². The third-order valence-electron chi connectivity index (χ3n) is 7.83. The van der Waals surface area contributed by atoms with E-state index in [1.165, 1.54) is 24.0 Å². The summed E-state index contributed by atoms with van der Waals surface area (Å²) < 4.78 is 12.2. The van der Waals surface area contributed by atoms with E-state index in [0.717, 1.165) is 50.3 Å². The largest absolute Gasteiger partial charge is 0.488 e. The van der Waals surface area contributed by atoms with Gasteiger partial charge in [-0.05, 0) is 56.9 Å². The van der Waals surface area contributed by atoms with Crippen LogP contribution in [0.3, 0.4) is 0 Å². The summed E-state index contributed by atoms with van der Waals surface area (Å²) in [5, 5.41) is 0. The summed E-state index contributed by atoms with van der Waals surface area (Å²) >= 11 is 0. The average molecular weight is 433 g/mol. The van der Waals surface area contributed by atoms with E-state index in [0.29, 0.717) is 12.0 Å². The Kier molecular flexibility index (Phi) is 4.39. The lowest BCUT2D eigenvalue weighted by Crippen LogP contribution is -2.46. The fourth-order valence-electron chi connectivity index (χ4n) is 6.09. The lowest BCUT2D eigenvalue weighted by Gasteiger charge is -2.39. The fourth-order valence-corrected chi connectivity index (χ4v) is 6.09. The molecule has 1 aliphatic carbocycles. The smallest absolute Gasteiger partial charge is 0.415 e. The molecule has 2 aromatic carbocycles. The zero-order valence-corrected chi connectivity index (χ0v) is 19.1. The summed E-state index contributed by atoms with van der Waals surface area (Å²) in [6.07, 6.45) is 5.24. The van der Waals surface area contributed by atoms with Gasteiger partial charge in [0.2, 0.25) is 0 Å². The molecule has 0 radical (unpaired) electrons. The summed E-state index contributed by atoms with van der Waals surface area (Å²) in [6, 6.07) is 16.7. The number of fused-ring (bicyclic) bond motifs is 2. The van der Waals surface area contributed by atoms with Crippen LogP contribution in [-0.4, -0.2) is 41.8 Å². The Morgan fingerprint density at radius 3 is 2.41 bits per heavy atom. The van der Waals surface area contributed by atoms with E-state index in [9.17, 15) is 4.79 Å². The molecule has 3 aliphatic heterocycles. The first-order valence-corrected chi connectivity index (χ1v) is 12.0. The van der Waals surface area contributed by atoms with E-state index in [2.05, 4.69) is 36.9 Å². The van der Waals surface area contributed by atoms with E-state index in [-0.39, 0.29) is 17.3 Å². The topological polar surface area (TPSA) is 42.0 Å². The van der Waals surface area contributed by atoms with Crippen molar-refractivity contribution in [1.29, 1.82) is 0 Å². The quantitative estimate of drug-likeness (QED) is 0.663. The first-order valence-electron chi connectivity index (χ1n) is 12.0. The van der Waals surface area contributed by atoms with Crippen molar-refractivity contribution in [2.45, 2.75) is 69.1 Å². The Bertz CT molecular complexity index is 1040. The SMILES string of the molecule is CC1(C)CC2(CC2)c2cc(CN3CCC4(CC3)CN(c3ccccc3)C(=O)O4)ccc2O1. The minimum Gasteiger partial charge on any atom is -0.488 e. The highest BCUT2D eigenvalue weighted by atomic mass is 16.6. The van der Waals surface area contributed by atoms with Crippen LogP contribution in [0.4, 0.5) is 10.5 Å². The van der Waals surface area contributed by atoms with Crippen LogP contribution in [0.2, 0.25) is 0 Å². The molecule has 3 fully saturated rings. The molecular formula is C27H32N2O3. The number of hydrogen-bond acceptors (Lipinski definition) is 4. The van der Waals surface area contributed by atoms with Crippen molar-refractivity contribution < 1.29 is 14.3 Å². The Morgan fingerprint density at radius 2 is 1.69 bits per heavy atom. The molecule has 6 rings (SSSR count). The lowest BCUT2D eigenvalue weighted by atomic mass is 9.81. The van der Waals surface area contributed by atoms with Gasteiger partial charge in [-0.2, -0.15) is 0 Å². The molecule has 0 bridgehead atoms. The van der Waals surface area contributed by atoms with E-state index in [4.69, 9.17) is 9.47 Å². The van der Waals surface area contributed by atoms with Gasteiger partial charge in [-0.25, -0.2) is 4.79 Å². The average Bonchev–Trinajstić information content (AvgIpc) is 3.45. The van der Waals surface area contributed by atoms with Gasteiger partial charge < -0.3 is 9.47 Å². The number of rotatable bonds is 3. The van der Waals surface area contributed by atoms with E-state index < -0.39 is 0 Å². The van der Waals surface area contributed by atoms with E-state index >= 15 is 0 Å². The van der Waals surface area contributed by atoms with Gasteiger partial charge in [0.25, 0.3) is 0 Å². The number of anilines is 1. The first kappa shape index (κ1) is 20.1. The third-order valence-corrected chi connectivity index (χ3v) is 7.83. The second kappa shape index (κ2) is 6.98. The molecule has 32 heavy (non-hydrogen) atoms. The lowest BCUT2D eigenvalue weighted by molar-refractivity contribution is -0.000988. The molecule has 168 valence electrons. The number of nitrogens with zero attached hydrogens (tertiary/aromatic N) is 2. The fraction of sp³-hybridized carbons (Fsp3) is 0.519. The van der Waals surface area contributed by atoms with Crippen molar-refractivity contribution in [2.24, 2.45) is 0 Å². The van der Waals surface area contributed by atoms with Gasteiger partial charge in [-0.3, -0.25) is 9.80 Å². The zero-order valence-electron chi connectivity index (χ0n) is 19.1. The van der Waals surface area contributed by atoms with Crippen LogP contribution in [0, 0.1) is 0 Å². The molecule has 0 aromatic heterocycles. The van der Waals surface area contributed by atoms with Crippen LogP contribution < -0.4 is 9.64 Å². The molecule has 0 atom stereocenters. The van der Waals surface area contributed by atoms with Gasteiger partial charge in [-0.1, -0.05) is 30.3 Å². The second-order valence-electron chi connectivity index (χ2n) is 10.9. The Hall–Kier alpha value is -2.53. The van der Waals surface area contributed by atoms with Crippen molar-refractivity contribution >= 4 is 11.8 Å². The monoisotopic (exact) mass is 432 g/mol. The number of hydrogen-bond donors (Lipinski definition) is 0. The molecule has 1 amide bonds. The first-order chi connectivity index (χ1) is 15.4. The van der Waals surface area contributed by atoms with Crippen molar-refractivity contribution in [3.63, 3.8) is 0 Å². The number of benzene rings is 2. The van der Waals surface area contributed by atoms with Gasteiger partial charge in [0.05, 0.1) is 6.54 Å². The van der Waals surface area contributed by atoms with Crippen LogP contribution in [0.15, 0.2) is 48.5 Å². The molecular weight excluding hydrogens is 400 g/mol. The van der Waals surface area contributed by atoms with E-state index in [1.807, 2.05) is 30.3 Å². The molecule has 5 heteroatoms. The predicted octanol–water partition coefficient (Wildman–Crippen LogP) is 5.27. The highest BCUT2D eigenvalue weighted by Gasteiger charge is 2.53. The highest BCUT2D eigenvalue weighted by molar-refractivity contribution is 5.90. The highest BCUT2D eigenvalue weighted by Crippen LogP contribution is 2.59. The molecule has 0 N–H and O–H groups in total. The summed E-state index contributed by atoms with van der Waals surface area (Å²) in [5.41, 5.74) is 3.63. The number of ether oxygens (including phenoxy) is 2. The standard InChI is InChI=1S/C27H32N2O3/c1-25(2)18-26(10-11-26)22-16-20(8-9-23(22)31-25)17-28-14-12-27(13-15-28)19-29(24(30)32-27)21-6-4-3-5-7-21/h3-9,16H,10-15,17-19H2,1-2H3. The summed E-state index contributed by atoms with van der Waals surface area (Å²) in [5.74, 6) is 1.08. The molecule has 1 saturated carbocycles. The number of amides is 1. The Balaban J connectivity index is 1.12. The molecule has 0 unspecified atom stereocenters. The molecule has 3 heterocycles. The number of piperidine rings is 1. The predicted molar refractivity (Wildman–Crippen MR) is 124 cm³/mol. The molecule has 2 saturated heterocycles. The van der Waals surface area contributed by atoms with Gasteiger partial charge in [0.1, 0.15) is 17.0 Å². The maximum atomic E-state index is 12.5. The van der Waals surface area contributed by atoms with Crippen molar-refractivity contribution in [3.8, 4) is 5.75 Å². The molecule has 2 spiro atoms. The number of carbonyl (C=O) groups excluding carboxylic acids is 1. The van der Waals surface area contributed by atoms with Gasteiger partial charge in [-0.15, -0.1) is 0 Å². The maximum Gasteiger partial charge on any atom is 0.415 e. The molecule has 5 nitrogen and oxygen atoms in total. The second-order valence-corrected chi connectivity index (χ2v) is 10.9. The van der Waals surface area contributed by atoms with Crippen LogP contribution in [0.5, 0.6) is 5.75 Å². The van der Waals surface area contributed by atoms with Crippen LogP contribution in [0.25, 0.3) is 0 Å².